The minimum atomic E-state index is 1.03. The van der Waals surface area contributed by atoms with E-state index in [1.54, 1.807) is 0 Å². The Labute approximate surface area is 187 Å². The summed E-state index contributed by atoms with van der Waals surface area (Å²) in [7, 11) is 0. The highest BCUT2D eigenvalue weighted by Gasteiger charge is 2.07. The van der Waals surface area contributed by atoms with Gasteiger partial charge in [-0.05, 0) is 84.0 Å². The second kappa shape index (κ2) is 8.05. The van der Waals surface area contributed by atoms with Crippen molar-refractivity contribution >= 4 is 32.6 Å². The smallest absolute Gasteiger partial charge is 0.0462 e. The number of benzene rings is 4. The van der Waals surface area contributed by atoms with E-state index in [2.05, 4.69) is 107 Å². The maximum Gasteiger partial charge on any atom is 0.0462 e. The van der Waals surface area contributed by atoms with Crippen LogP contribution in [0.1, 0.15) is 22.5 Å². The number of H-pyrrole nitrogens is 2. The van der Waals surface area contributed by atoms with Crippen molar-refractivity contribution < 1.29 is 0 Å². The molecule has 0 atom stereocenters. The third kappa shape index (κ3) is 3.80. The number of aryl methyl sites for hydroxylation is 4. The van der Waals surface area contributed by atoms with Gasteiger partial charge in [-0.15, -0.1) is 0 Å². The molecular weight excluding hydrogens is 388 g/mol. The van der Waals surface area contributed by atoms with Gasteiger partial charge in [-0.1, -0.05) is 60.7 Å². The molecule has 0 aliphatic rings. The summed E-state index contributed by atoms with van der Waals surface area (Å²) in [4.78, 5) is 7.28. The number of aromatic amines is 2. The Balaban J connectivity index is 1.26. The minimum absolute atomic E-state index is 1.03. The molecule has 0 amide bonds. The normalized spacial score (nSPS) is 11.6. The highest BCUT2D eigenvalue weighted by molar-refractivity contribution is 6.03. The van der Waals surface area contributed by atoms with Gasteiger partial charge in [0.1, 0.15) is 0 Å². The topological polar surface area (TPSA) is 31.6 Å². The third-order valence-corrected chi connectivity index (χ3v) is 6.48. The zero-order chi connectivity index (χ0) is 21.3. The fraction of sp³-hybridized carbons (Fsp3) is 0.133. The Morgan fingerprint density at radius 1 is 0.406 bits per heavy atom. The summed E-state index contributed by atoms with van der Waals surface area (Å²) in [6.07, 6.45) is 4.17. The van der Waals surface area contributed by atoms with Gasteiger partial charge in [0.25, 0.3) is 0 Å². The van der Waals surface area contributed by atoms with E-state index in [1.165, 1.54) is 55.1 Å². The molecule has 32 heavy (non-hydrogen) atoms. The first kappa shape index (κ1) is 18.9. The van der Waals surface area contributed by atoms with Crippen molar-refractivity contribution in [3.05, 3.63) is 120 Å². The first-order valence-corrected chi connectivity index (χ1v) is 11.4. The van der Waals surface area contributed by atoms with E-state index in [0.29, 0.717) is 0 Å². The number of fused-ring (bicyclic) bond motifs is 3. The van der Waals surface area contributed by atoms with Crippen LogP contribution in [-0.4, -0.2) is 9.97 Å². The van der Waals surface area contributed by atoms with Crippen molar-refractivity contribution in [2.45, 2.75) is 25.7 Å². The third-order valence-electron chi connectivity index (χ3n) is 6.48. The lowest BCUT2D eigenvalue weighted by Gasteiger charge is -2.00. The zero-order valence-electron chi connectivity index (χ0n) is 18.1. The molecule has 0 aliphatic heterocycles. The lowest BCUT2D eigenvalue weighted by Crippen LogP contribution is -1.90. The maximum atomic E-state index is 3.64. The number of hydrogen-bond acceptors (Lipinski definition) is 0. The molecule has 0 saturated carbocycles. The van der Waals surface area contributed by atoms with Crippen molar-refractivity contribution in [1.82, 2.24) is 9.97 Å². The van der Waals surface area contributed by atoms with Gasteiger partial charge in [-0.25, -0.2) is 0 Å². The number of nitrogens with one attached hydrogen (secondary N) is 2. The monoisotopic (exact) mass is 414 g/mol. The molecule has 2 N–H and O–H groups in total. The predicted molar refractivity (Wildman–Crippen MR) is 135 cm³/mol. The fourth-order valence-electron chi connectivity index (χ4n) is 4.75. The zero-order valence-corrected chi connectivity index (χ0v) is 18.1. The van der Waals surface area contributed by atoms with E-state index in [1.807, 2.05) is 0 Å². The molecule has 2 heteroatoms. The molecule has 0 radical (unpaired) electrons. The van der Waals surface area contributed by atoms with Crippen molar-refractivity contribution in [3.63, 3.8) is 0 Å². The first-order valence-electron chi connectivity index (χ1n) is 11.4. The van der Waals surface area contributed by atoms with Gasteiger partial charge < -0.3 is 9.97 Å². The van der Waals surface area contributed by atoms with Crippen LogP contribution in [0.5, 0.6) is 0 Å². The van der Waals surface area contributed by atoms with E-state index in [4.69, 9.17) is 0 Å². The minimum Gasteiger partial charge on any atom is -0.358 e. The summed E-state index contributed by atoms with van der Waals surface area (Å²) in [5.41, 5.74) is 7.81. The Morgan fingerprint density at radius 2 is 0.844 bits per heavy atom. The molecule has 2 aromatic heterocycles. The molecule has 2 heterocycles. The number of rotatable bonds is 6. The molecule has 0 unspecified atom stereocenters. The van der Waals surface area contributed by atoms with Crippen molar-refractivity contribution in [1.29, 1.82) is 0 Å². The number of aromatic nitrogens is 2. The highest BCUT2D eigenvalue weighted by Crippen LogP contribution is 2.28. The molecule has 0 saturated heterocycles. The van der Waals surface area contributed by atoms with Crippen LogP contribution in [-0.2, 0) is 25.7 Å². The molecule has 4 aromatic carbocycles. The summed E-state index contributed by atoms with van der Waals surface area (Å²) >= 11 is 0. The molecular formula is C30H26N2. The molecule has 0 bridgehead atoms. The van der Waals surface area contributed by atoms with Crippen molar-refractivity contribution in [2.24, 2.45) is 0 Å². The second-order valence-corrected chi connectivity index (χ2v) is 8.79. The van der Waals surface area contributed by atoms with Gasteiger partial charge in [0.05, 0.1) is 0 Å². The average Bonchev–Trinajstić information content (AvgIpc) is 3.42. The van der Waals surface area contributed by atoms with E-state index >= 15 is 0 Å². The van der Waals surface area contributed by atoms with Gasteiger partial charge in [0, 0.05) is 33.2 Å². The molecule has 0 aliphatic carbocycles. The van der Waals surface area contributed by atoms with Gasteiger partial charge in [-0.2, -0.15) is 0 Å². The molecule has 6 rings (SSSR count). The Morgan fingerprint density at radius 3 is 1.28 bits per heavy atom. The van der Waals surface area contributed by atoms with Crippen LogP contribution in [0, 0.1) is 0 Å². The van der Waals surface area contributed by atoms with Gasteiger partial charge >= 0.3 is 0 Å². The van der Waals surface area contributed by atoms with Crippen LogP contribution in [0.2, 0.25) is 0 Å². The Hall–Kier alpha value is -3.78. The van der Waals surface area contributed by atoms with E-state index in [0.717, 1.165) is 25.7 Å². The number of hydrogen-bond donors (Lipinski definition) is 2. The molecule has 156 valence electrons. The Kier molecular flexibility index (Phi) is 4.77. The van der Waals surface area contributed by atoms with Crippen LogP contribution >= 0.6 is 0 Å². The average molecular weight is 415 g/mol. The quantitative estimate of drug-likeness (QED) is 0.285. The van der Waals surface area contributed by atoms with Crippen LogP contribution < -0.4 is 0 Å². The summed E-state index contributed by atoms with van der Waals surface area (Å²) < 4.78 is 0. The van der Waals surface area contributed by atoms with E-state index in [-0.39, 0.29) is 0 Å². The van der Waals surface area contributed by atoms with Gasteiger partial charge in [0.15, 0.2) is 0 Å². The summed E-state index contributed by atoms with van der Waals surface area (Å²) in [6.45, 7) is 0. The molecule has 6 aromatic rings. The van der Waals surface area contributed by atoms with Crippen LogP contribution in [0.15, 0.2) is 97.1 Å². The lowest BCUT2D eigenvalue weighted by atomic mass is 10.1. The van der Waals surface area contributed by atoms with Gasteiger partial charge in [0.2, 0.25) is 0 Å². The van der Waals surface area contributed by atoms with Crippen LogP contribution in [0.25, 0.3) is 32.6 Å². The largest absolute Gasteiger partial charge is 0.358 e. The Bertz CT molecular complexity index is 1320. The highest BCUT2D eigenvalue weighted by atomic mass is 14.7. The van der Waals surface area contributed by atoms with Crippen molar-refractivity contribution in [3.8, 4) is 0 Å². The predicted octanol–water partition coefficient (Wildman–Crippen LogP) is 7.37. The molecule has 0 fully saturated rings. The fourth-order valence-corrected chi connectivity index (χ4v) is 4.75. The summed E-state index contributed by atoms with van der Waals surface area (Å²) in [5, 5.41) is 5.15. The standard InChI is InChI=1S/C30H26N2/c1-3-7-21(8-4-1)11-13-27-17-25-15-23-20-30-26(16-24(23)19-29(25)31-27)18-28(32-30)14-12-22-9-5-2-6-10-22/h1-10,15-20,31-32H,11-14H2. The van der Waals surface area contributed by atoms with Gasteiger partial charge in [-0.3, -0.25) is 0 Å². The van der Waals surface area contributed by atoms with Crippen LogP contribution in [0.4, 0.5) is 0 Å². The summed E-state index contributed by atoms with van der Waals surface area (Å²) in [6, 6.07) is 35.3. The SMILES string of the molecule is c1ccc(CCc2cc3cc4cc5[nH]c(CCc6ccccc6)cc5cc4cc3[nH]2)cc1. The van der Waals surface area contributed by atoms with E-state index in [9.17, 15) is 0 Å². The lowest BCUT2D eigenvalue weighted by molar-refractivity contribution is 0.930. The molecule has 0 spiro atoms. The molecule has 2 nitrogen and oxygen atoms in total. The van der Waals surface area contributed by atoms with Crippen LogP contribution in [0.3, 0.4) is 0 Å². The first-order chi connectivity index (χ1) is 15.8. The summed E-state index contributed by atoms with van der Waals surface area (Å²) in [5.74, 6) is 0. The maximum absolute atomic E-state index is 3.64. The van der Waals surface area contributed by atoms with Crippen molar-refractivity contribution in [2.75, 3.05) is 0 Å². The van der Waals surface area contributed by atoms with E-state index < -0.39 is 0 Å². The second-order valence-electron chi connectivity index (χ2n) is 8.79.